The second kappa shape index (κ2) is 12.8. The summed E-state index contributed by atoms with van der Waals surface area (Å²) in [6, 6.07) is 71.2. The van der Waals surface area contributed by atoms with Crippen LogP contribution in [0.5, 0.6) is 0 Å². The van der Waals surface area contributed by atoms with Gasteiger partial charge in [-0.2, -0.15) is 0 Å². The standard InChI is InChI=1S/C48H33NO/c1-3-13-34(14-4-1)41-30-42(35-15-5-2-6-16-35)32-44(31-41)49(46-23-12-19-37-17-7-9-22-45(37)46)43-27-25-36(26-28-43)38-20-11-21-39(29-38)48-33-40-18-8-10-24-47(40)50-48/h1-33H. The van der Waals surface area contributed by atoms with Crippen LogP contribution in [0.15, 0.2) is 205 Å². The van der Waals surface area contributed by atoms with Gasteiger partial charge in [-0.25, -0.2) is 0 Å². The molecule has 0 fully saturated rings. The molecule has 9 aromatic rings. The lowest BCUT2D eigenvalue weighted by atomic mass is 9.96. The Morgan fingerprint density at radius 2 is 0.860 bits per heavy atom. The van der Waals surface area contributed by atoms with E-state index in [1.807, 2.05) is 18.2 Å². The van der Waals surface area contributed by atoms with Crippen molar-refractivity contribution in [3.8, 4) is 44.7 Å². The molecule has 2 heteroatoms. The van der Waals surface area contributed by atoms with Crippen molar-refractivity contribution in [2.45, 2.75) is 0 Å². The number of benzene rings is 8. The highest BCUT2D eigenvalue weighted by molar-refractivity contribution is 6.00. The van der Waals surface area contributed by atoms with E-state index in [0.29, 0.717) is 0 Å². The number of para-hydroxylation sites is 1. The third kappa shape index (κ3) is 5.63. The summed E-state index contributed by atoms with van der Waals surface area (Å²) in [4.78, 5) is 2.40. The fourth-order valence-corrected chi connectivity index (χ4v) is 6.94. The van der Waals surface area contributed by atoms with Crippen LogP contribution in [0.25, 0.3) is 66.4 Å². The molecule has 0 spiro atoms. The smallest absolute Gasteiger partial charge is 0.135 e. The monoisotopic (exact) mass is 639 g/mol. The van der Waals surface area contributed by atoms with Crippen LogP contribution in [0.1, 0.15) is 0 Å². The van der Waals surface area contributed by atoms with E-state index >= 15 is 0 Å². The van der Waals surface area contributed by atoms with Crippen LogP contribution in [0.3, 0.4) is 0 Å². The zero-order valence-corrected chi connectivity index (χ0v) is 27.4. The minimum Gasteiger partial charge on any atom is -0.456 e. The fraction of sp³-hybridized carbons (Fsp3) is 0. The first-order valence-electron chi connectivity index (χ1n) is 17.0. The van der Waals surface area contributed by atoms with Crippen LogP contribution in [0, 0.1) is 0 Å². The third-order valence-corrected chi connectivity index (χ3v) is 9.43. The molecular weight excluding hydrogens is 607 g/mol. The van der Waals surface area contributed by atoms with Gasteiger partial charge in [0.1, 0.15) is 11.3 Å². The fourth-order valence-electron chi connectivity index (χ4n) is 6.94. The van der Waals surface area contributed by atoms with Gasteiger partial charge in [0.15, 0.2) is 0 Å². The van der Waals surface area contributed by atoms with Gasteiger partial charge in [0.05, 0.1) is 5.69 Å². The summed E-state index contributed by atoms with van der Waals surface area (Å²) >= 11 is 0. The van der Waals surface area contributed by atoms with Crippen LogP contribution in [-0.4, -0.2) is 0 Å². The molecule has 1 heterocycles. The van der Waals surface area contributed by atoms with Crippen molar-refractivity contribution in [1.29, 1.82) is 0 Å². The van der Waals surface area contributed by atoms with E-state index in [1.165, 1.54) is 33.0 Å². The number of hydrogen-bond acceptors (Lipinski definition) is 2. The Morgan fingerprint density at radius 1 is 0.320 bits per heavy atom. The lowest BCUT2D eigenvalue weighted by Crippen LogP contribution is -2.11. The van der Waals surface area contributed by atoms with Gasteiger partial charge >= 0.3 is 0 Å². The van der Waals surface area contributed by atoms with Gasteiger partial charge < -0.3 is 9.32 Å². The topological polar surface area (TPSA) is 16.4 Å². The molecule has 0 unspecified atom stereocenters. The number of furan rings is 1. The average Bonchev–Trinajstić information content (AvgIpc) is 3.64. The molecule has 2 nitrogen and oxygen atoms in total. The number of nitrogens with zero attached hydrogens (tertiary/aromatic N) is 1. The Balaban J connectivity index is 1.18. The molecule has 0 radical (unpaired) electrons. The second-order valence-electron chi connectivity index (χ2n) is 12.6. The molecule has 0 saturated heterocycles. The summed E-state index contributed by atoms with van der Waals surface area (Å²) in [6.45, 7) is 0. The van der Waals surface area contributed by atoms with E-state index in [-0.39, 0.29) is 0 Å². The maximum absolute atomic E-state index is 6.21. The van der Waals surface area contributed by atoms with Gasteiger partial charge in [-0.1, -0.05) is 146 Å². The summed E-state index contributed by atoms with van der Waals surface area (Å²) < 4.78 is 6.21. The molecule has 0 amide bonds. The summed E-state index contributed by atoms with van der Waals surface area (Å²) in [6.07, 6.45) is 0. The molecule has 0 aliphatic carbocycles. The van der Waals surface area contributed by atoms with E-state index in [1.54, 1.807) is 0 Å². The molecule has 50 heavy (non-hydrogen) atoms. The van der Waals surface area contributed by atoms with Crippen LogP contribution in [0.2, 0.25) is 0 Å². The first kappa shape index (κ1) is 29.5. The first-order valence-corrected chi connectivity index (χ1v) is 17.0. The molecule has 0 atom stereocenters. The Labute approximate surface area is 292 Å². The summed E-state index contributed by atoms with van der Waals surface area (Å²) in [5, 5.41) is 3.51. The van der Waals surface area contributed by atoms with E-state index < -0.39 is 0 Å². The second-order valence-corrected chi connectivity index (χ2v) is 12.6. The first-order chi connectivity index (χ1) is 24.8. The summed E-state index contributed by atoms with van der Waals surface area (Å²) in [7, 11) is 0. The van der Waals surface area contributed by atoms with Crippen LogP contribution in [-0.2, 0) is 0 Å². The molecule has 0 N–H and O–H groups in total. The molecule has 8 aromatic carbocycles. The molecule has 0 saturated carbocycles. The Morgan fingerprint density at radius 3 is 1.58 bits per heavy atom. The normalized spacial score (nSPS) is 11.2. The van der Waals surface area contributed by atoms with Crippen molar-refractivity contribution in [3.63, 3.8) is 0 Å². The largest absolute Gasteiger partial charge is 0.456 e. The van der Waals surface area contributed by atoms with Crippen LogP contribution < -0.4 is 4.90 Å². The molecule has 0 aliphatic heterocycles. The zero-order chi connectivity index (χ0) is 33.3. The van der Waals surface area contributed by atoms with Crippen molar-refractivity contribution in [3.05, 3.63) is 200 Å². The molecule has 1 aromatic heterocycles. The number of anilines is 3. The van der Waals surface area contributed by atoms with Gasteiger partial charge in [-0.3, -0.25) is 0 Å². The van der Waals surface area contributed by atoms with Crippen LogP contribution >= 0.6 is 0 Å². The molecule has 236 valence electrons. The van der Waals surface area contributed by atoms with Crippen LogP contribution in [0.4, 0.5) is 17.1 Å². The molecule has 9 rings (SSSR count). The number of rotatable bonds is 7. The van der Waals surface area contributed by atoms with Gasteiger partial charge in [0.25, 0.3) is 0 Å². The highest BCUT2D eigenvalue weighted by atomic mass is 16.3. The maximum atomic E-state index is 6.21. The summed E-state index contributed by atoms with van der Waals surface area (Å²) in [5.41, 5.74) is 12.3. The van der Waals surface area contributed by atoms with Gasteiger partial charge in [0.2, 0.25) is 0 Å². The Kier molecular flexibility index (Phi) is 7.53. The molecular formula is C48H33NO. The minimum atomic E-state index is 0.874. The van der Waals surface area contributed by atoms with Gasteiger partial charge in [0, 0.05) is 27.7 Å². The van der Waals surface area contributed by atoms with Crippen molar-refractivity contribution < 1.29 is 4.42 Å². The van der Waals surface area contributed by atoms with Crippen molar-refractivity contribution in [1.82, 2.24) is 0 Å². The summed E-state index contributed by atoms with van der Waals surface area (Å²) in [5.74, 6) is 0.874. The van der Waals surface area contributed by atoms with Gasteiger partial charge in [-0.15, -0.1) is 0 Å². The third-order valence-electron chi connectivity index (χ3n) is 9.43. The predicted molar refractivity (Wildman–Crippen MR) is 210 cm³/mol. The lowest BCUT2D eigenvalue weighted by molar-refractivity contribution is 0.631. The quantitative estimate of drug-likeness (QED) is 0.173. The van der Waals surface area contributed by atoms with E-state index in [0.717, 1.165) is 50.5 Å². The van der Waals surface area contributed by atoms with E-state index in [4.69, 9.17) is 4.42 Å². The highest BCUT2D eigenvalue weighted by Crippen LogP contribution is 2.43. The average molecular weight is 640 g/mol. The maximum Gasteiger partial charge on any atom is 0.135 e. The van der Waals surface area contributed by atoms with Crippen molar-refractivity contribution >= 4 is 38.8 Å². The van der Waals surface area contributed by atoms with E-state index in [9.17, 15) is 0 Å². The number of hydrogen-bond donors (Lipinski definition) is 0. The number of fused-ring (bicyclic) bond motifs is 2. The SMILES string of the molecule is c1ccc(-c2cc(-c3ccccc3)cc(N(c3ccc(-c4cccc(-c5cc6ccccc6o5)c4)cc3)c3cccc4ccccc34)c2)cc1. The predicted octanol–water partition coefficient (Wildman–Crippen LogP) is 13.7. The van der Waals surface area contributed by atoms with E-state index in [2.05, 4.69) is 187 Å². The molecule has 0 aliphatic rings. The zero-order valence-electron chi connectivity index (χ0n) is 27.4. The van der Waals surface area contributed by atoms with Crippen molar-refractivity contribution in [2.24, 2.45) is 0 Å². The lowest BCUT2D eigenvalue weighted by Gasteiger charge is -2.28. The Bertz CT molecular complexity index is 2490. The Hall–Kier alpha value is -6.64. The highest BCUT2D eigenvalue weighted by Gasteiger charge is 2.18. The van der Waals surface area contributed by atoms with Crippen molar-refractivity contribution in [2.75, 3.05) is 4.90 Å². The minimum absolute atomic E-state index is 0.874. The molecule has 0 bridgehead atoms. The van der Waals surface area contributed by atoms with Gasteiger partial charge in [-0.05, 0) is 93.4 Å².